The second kappa shape index (κ2) is 9.85. The summed E-state index contributed by atoms with van der Waals surface area (Å²) in [7, 11) is -3.23. The second-order valence-corrected chi connectivity index (χ2v) is 8.84. The van der Waals surface area contributed by atoms with E-state index in [1.165, 1.54) is 6.08 Å². The third-order valence-electron chi connectivity index (χ3n) is 3.53. The maximum absolute atomic E-state index is 11.2. The fraction of sp³-hybridized carbons (Fsp3) is 0.100. The Kier molecular flexibility index (Phi) is 7.52. The van der Waals surface area contributed by atoms with Crippen molar-refractivity contribution in [1.82, 2.24) is 0 Å². The van der Waals surface area contributed by atoms with Crippen molar-refractivity contribution in [1.29, 1.82) is 0 Å². The molecule has 0 saturated heterocycles. The number of amidine groups is 1. The number of nitrogens with two attached hydrogens (primary N) is 2. The van der Waals surface area contributed by atoms with E-state index in [-0.39, 0.29) is 17.3 Å². The van der Waals surface area contributed by atoms with Gasteiger partial charge < -0.3 is 22.1 Å². The molecule has 9 heteroatoms. The number of sulfone groups is 1. The van der Waals surface area contributed by atoms with Crippen molar-refractivity contribution in [3.8, 4) is 0 Å². The first-order chi connectivity index (χ1) is 13.6. The summed E-state index contributed by atoms with van der Waals surface area (Å²) in [6.07, 6.45) is 2.41. The Bertz CT molecular complexity index is 1040. The Morgan fingerprint density at radius 2 is 1.62 bits per heavy atom. The number of benzene rings is 2. The molecule has 0 aromatic heterocycles. The van der Waals surface area contributed by atoms with E-state index >= 15 is 0 Å². The van der Waals surface area contributed by atoms with Gasteiger partial charge in [-0.2, -0.15) is 0 Å². The van der Waals surface area contributed by atoms with E-state index in [0.717, 1.165) is 23.2 Å². The van der Waals surface area contributed by atoms with E-state index < -0.39 is 9.84 Å². The van der Waals surface area contributed by atoms with Crippen molar-refractivity contribution >= 4 is 50.1 Å². The van der Waals surface area contributed by atoms with E-state index in [4.69, 9.17) is 23.7 Å². The number of hydrogen-bond acceptors (Lipinski definition) is 5. The van der Waals surface area contributed by atoms with Crippen LogP contribution in [0.4, 0.5) is 11.4 Å². The van der Waals surface area contributed by atoms with E-state index in [1.54, 1.807) is 0 Å². The molecule has 0 fully saturated rings. The predicted molar refractivity (Wildman–Crippen MR) is 125 cm³/mol. The minimum atomic E-state index is -3.23. The van der Waals surface area contributed by atoms with Crippen LogP contribution in [-0.2, 0) is 9.84 Å². The molecule has 0 amide bonds. The summed E-state index contributed by atoms with van der Waals surface area (Å²) in [6.45, 7) is 3.88. The molecular formula is C20H23N5O2S2. The van der Waals surface area contributed by atoms with Crippen LogP contribution in [0.15, 0.2) is 77.9 Å². The first-order valence-corrected chi connectivity index (χ1v) is 11.0. The van der Waals surface area contributed by atoms with Gasteiger partial charge in [-0.05, 0) is 48.1 Å². The van der Waals surface area contributed by atoms with E-state index in [0.29, 0.717) is 10.8 Å². The highest BCUT2D eigenvalue weighted by atomic mass is 32.2. The van der Waals surface area contributed by atoms with Crippen molar-refractivity contribution in [2.45, 2.75) is 0 Å². The average molecular weight is 430 g/mol. The zero-order valence-electron chi connectivity index (χ0n) is 15.9. The SMILES string of the molecule is C=C(/N=C(N)\C=C(/N)CS(C)(=O)=O)c1ccc(NC(=S)Nc2ccccc2)cc1. The third kappa shape index (κ3) is 8.16. The minimum Gasteiger partial charge on any atom is -0.401 e. The molecule has 2 aromatic carbocycles. The average Bonchev–Trinajstić information content (AvgIpc) is 2.61. The first-order valence-electron chi connectivity index (χ1n) is 8.53. The lowest BCUT2D eigenvalue weighted by molar-refractivity contribution is 0.603. The summed E-state index contributed by atoms with van der Waals surface area (Å²) < 4.78 is 22.5. The largest absolute Gasteiger partial charge is 0.401 e. The van der Waals surface area contributed by atoms with Crippen LogP contribution >= 0.6 is 12.2 Å². The molecule has 0 aliphatic heterocycles. The van der Waals surface area contributed by atoms with Crippen LogP contribution in [0.5, 0.6) is 0 Å². The van der Waals surface area contributed by atoms with Crippen LogP contribution < -0.4 is 22.1 Å². The lowest BCUT2D eigenvalue weighted by atomic mass is 10.1. The Hall–Kier alpha value is -3.17. The van der Waals surface area contributed by atoms with Crippen LogP contribution in [0.25, 0.3) is 5.70 Å². The molecule has 0 saturated carbocycles. The summed E-state index contributed by atoms with van der Waals surface area (Å²) in [6, 6.07) is 16.9. The van der Waals surface area contributed by atoms with Gasteiger partial charge in [0.05, 0.1) is 11.4 Å². The molecule has 152 valence electrons. The van der Waals surface area contributed by atoms with Gasteiger partial charge in [-0.15, -0.1) is 0 Å². The lowest BCUT2D eigenvalue weighted by Gasteiger charge is -2.11. The topological polar surface area (TPSA) is 123 Å². The summed E-state index contributed by atoms with van der Waals surface area (Å²) in [5, 5.41) is 6.65. The van der Waals surface area contributed by atoms with Gasteiger partial charge >= 0.3 is 0 Å². The molecule has 6 N–H and O–H groups in total. The fourth-order valence-corrected chi connectivity index (χ4v) is 3.27. The quantitative estimate of drug-likeness (QED) is 0.303. The number of para-hydroxylation sites is 1. The highest BCUT2D eigenvalue weighted by Gasteiger charge is 2.05. The van der Waals surface area contributed by atoms with Gasteiger partial charge in [-0.25, -0.2) is 13.4 Å². The Morgan fingerprint density at radius 3 is 2.17 bits per heavy atom. The van der Waals surface area contributed by atoms with Crippen LogP contribution in [0.3, 0.4) is 0 Å². The molecule has 0 heterocycles. The summed E-state index contributed by atoms with van der Waals surface area (Å²) >= 11 is 5.30. The minimum absolute atomic E-state index is 0.0755. The molecule has 0 atom stereocenters. The molecule has 2 aromatic rings. The fourth-order valence-electron chi connectivity index (χ4n) is 2.35. The maximum atomic E-state index is 11.2. The summed E-state index contributed by atoms with van der Waals surface area (Å²) in [5.41, 5.74) is 14.4. The van der Waals surface area contributed by atoms with E-state index in [2.05, 4.69) is 22.2 Å². The van der Waals surface area contributed by atoms with Crippen LogP contribution in [-0.4, -0.2) is 31.4 Å². The van der Waals surface area contributed by atoms with Gasteiger partial charge in [0.1, 0.15) is 5.84 Å². The number of nitrogens with zero attached hydrogens (tertiary/aromatic N) is 1. The Morgan fingerprint density at radius 1 is 1.07 bits per heavy atom. The highest BCUT2D eigenvalue weighted by molar-refractivity contribution is 7.90. The van der Waals surface area contributed by atoms with E-state index in [1.807, 2.05) is 54.6 Å². The zero-order chi connectivity index (χ0) is 21.4. The van der Waals surface area contributed by atoms with Crippen molar-refractivity contribution in [2.24, 2.45) is 16.5 Å². The van der Waals surface area contributed by atoms with Crippen molar-refractivity contribution < 1.29 is 8.42 Å². The predicted octanol–water partition coefficient (Wildman–Crippen LogP) is 2.71. The summed E-state index contributed by atoms with van der Waals surface area (Å²) in [5.74, 6) is -0.209. The normalized spacial score (nSPS) is 12.3. The van der Waals surface area contributed by atoms with Crippen LogP contribution in [0.2, 0.25) is 0 Å². The number of anilines is 2. The second-order valence-electron chi connectivity index (χ2n) is 6.30. The molecule has 0 radical (unpaired) electrons. The molecule has 0 bridgehead atoms. The number of aliphatic imine (C=N–C) groups is 1. The standard InChI is InChI=1S/C20H23N5O2S2/c1-14(23-19(22)12-16(21)13-29(2,26)27)15-8-10-18(11-9-15)25-20(28)24-17-6-4-3-5-7-17/h3-12H,1,13,21H2,2H3,(H2,22,23)(H2,24,25,28)/b16-12-. The zero-order valence-corrected chi connectivity index (χ0v) is 17.6. The monoisotopic (exact) mass is 429 g/mol. The molecule has 2 rings (SSSR count). The van der Waals surface area contributed by atoms with Crippen molar-refractivity contribution in [2.75, 3.05) is 22.6 Å². The van der Waals surface area contributed by atoms with Gasteiger partial charge in [0, 0.05) is 23.3 Å². The smallest absolute Gasteiger partial charge is 0.175 e. The van der Waals surface area contributed by atoms with Gasteiger partial charge in [-0.3, -0.25) is 0 Å². The Balaban J connectivity index is 1.99. The molecule has 0 aliphatic carbocycles. The van der Waals surface area contributed by atoms with Gasteiger partial charge in [-0.1, -0.05) is 36.9 Å². The van der Waals surface area contributed by atoms with Gasteiger partial charge in [0.15, 0.2) is 14.9 Å². The van der Waals surface area contributed by atoms with Crippen molar-refractivity contribution in [3.05, 3.63) is 78.5 Å². The van der Waals surface area contributed by atoms with E-state index in [9.17, 15) is 8.42 Å². The Labute approximate surface area is 176 Å². The molecule has 0 unspecified atom stereocenters. The number of rotatable bonds is 7. The molecule has 0 aliphatic rings. The maximum Gasteiger partial charge on any atom is 0.175 e. The number of hydrogen-bond donors (Lipinski definition) is 4. The van der Waals surface area contributed by atoms with Crippen LogP contribution in [0.1, 0.15) is 5.56 Å². The van der Waals surface area contributed by atoms with Gasteiger partial charge in [0.25, 0.3) is 0 Å². The lowest BCUT2D eigenvalue weighted by Crippen LogP contribution is -2.18. The molecular weight excluding hydrogens is 406 g/mol. The number of thiocarbonyl (C=S) groups is 1. The number of nitrogens with one attached hydrogen (secondary N) is 2. The first kappa shape index (κ1) is 22.1. The molecule has 0 spiro atoms. The molecule has 7 nitrogen and oxygen atoms in total. The van der Waals surface area contributed by atoms with Crippen LogP contribution in [0, 0.1) is 0 Å². The molecule has 29 heavy (non-hydrogen) atoms. The van der Waals surface area contributed by atoms with Gasteiger partial charge in [0.2, 0.25) is 0 Å². The third-order valence-corrected chi connectivity index (χ3v) is 4.60. The summed E-state index contributed by atoms with van der Waals surface area (Å²) in [4.78, 5) is 4.15. The highest BCUT2D eigenvalue weighted by Crippen LogP contribution is 2.17. The van der Waals surface area contributed by atoms with Crippen molar-refractivity contribution in [3.63, 3.8) is 0 Å².